The van der Waals surface area contributed by atoms with Gasteiger partial charge in [0.1, 0.15) is 17.8 Å². The number of carbonyl (C=O) groups is 1. The van der Waals surface area contributed by atoms with E-state index in [1.807, 2.05) is 20.8 Å². The zero-order valence-corrected chi connectivity index (χ0v) is 11.7. The van der Waals surface area contributed by atoms with Crippen LogP contribution in [0.2, 0.25) is 0 Å². The second-order valence-corrected chi connectivity index (χ2v) is 6.08. The van der Waals surface area contributed by atoms with Crippen molar-refractivity contribution in [3.8, 4) is 0 Å². The SMILES string of the molecule is CC(C)(C)OC(=O)C1(NCc2c[nH]cc2CF)CC1. The molecular weight excluding hydrogens is 247 g/mol. The Labute approximate surface area is 112 Å². The molecule has 2 N–H and O–H groups in total. The molecular formula is C14H21FN2O2. The summed E-state index contributed by atoms with van der Waals surface area (Å²) in [5.41, 5.74) is 0.440. The van der Waals surface area contributed by atoms with Crippen LogP contribution in [0, 0.1) is 0 Å². The van der Waals surface area contributed by atoms with E-state index in [4.69, 9.17) is 4.74 Å². The van der Waals surface area contributed by atoms with Gasteiger partial charge in [0.25, 0.3) is 0 Å². The van der Waals surface area contributed by atoms with Crippen molar-refractivity contribution in [2.45, 2.75) is 58.0 Å². The molecule has 0 atom stereocenters. The quantitative estimate of drug-likeness (QED) is 0.806. The van der Waals surface area contributed by atoms with Crippen LogP contribution in [0.25, 0.3) is 0 Å². The summed E-state index contributed by atoms with van der Waals surface area (Å²) in [6.45, 7) is 5.54. The highest BCUT2D eigenvalue weighted by Gasteiger charge is 2.52. The number of aromatic nitrogens is 1. The lowest BCUT2D eigenvalue weighted by Crippen LogP contribution is -2.43. The summed E-state index contributed by atoms with van der Waals surface area (Å²) < 4.78 is 18.1. The molecule has 4 nitrogen and oxygen atoms in total. The molecule has 19 heavy (non-hydrogen) atoms. The van der Waals surface area contributed by atoms with Crippen molar-refractivity contribution in [2.24, 2.45) is 0 Å². The van der Waals surface area contributed by atoms with Crippen molar-refractivity contribution in [3.63, 3.8) is 0 Å². The summed E-state index contributed by atoms with van der Waals surface area (Å²) in [7, 11) is 0. The Morgan fingerprint density at radius 1 is 1.42 bits per heavy atom. The van der Waals surface area contributed by atoms with E-state index in [1.54, 1.807) is 12.4 Å². The number of rotatable bonds is 5. The van der Waals surface area contributed by atoms with E-state index >= 15 is 0 Å². The van der Waals surface area contributed by atoms with Gasteiger partial charge in [0.15, 0.2) is 0 Å². The number of H-pyrrole nitrogens is 1. The number of hydrogen-bond acceptors (Lipinski definition) is 3. The van der Waals surface area contributed by atoms with E-state index < -0.39 is 17.8 Å². The Bertz CT molecular complexity index is 458. The van der Waals surface area contributed by atoms with Gasteiger partial charge >= 0.3 is 5.97 Å². The molecule has 5 heteroatoms. The van der Waals surface area contributed by atoms with E-state index in [9.17, 15) is 9.18 Å². The van der Waals surface area contributed by atoms with E-state index in [0.29, 0.717) is 12.1 Å². The first kappa shape index (κ1) is 14.1. The highest BCUT2D eigenvalue weighted by molar-refractivity contribution is 5.84. The number of halogens is 1. The lowest BCUT2D eigenvalue weighted by atomic mass is 10.1. The van der Waals surface area contributed by atoms with Crippen LogP contribution in [0.1, 0.15) is 44.7 Å². The molecule has 1 saturated carbocycles. The Kier molecular flexibility index (Phi) is 3.67. The maximum Gasteiger partial charge on any atom is 0.326 e. The maximum absolute atomic E-state index is 12.7. The third-order valence-electron chi connectivity index (χ3n) is 3.23. The maximum atomic E-state index is 12.7. The second-order valence-electron chi connectivity index (χ2n) is 6.08. The molecule has 0 unspecified atom stereocenters. The monoisotopic (exact) mass is 268 g/mol. The van der Waals surface area contributed by atoms with Gasteiger partial charge in [-0.1, -0.05) is 0 Å². The first-order chi connectivity index (χ1) is 8.86. The predicted octanol–water partition coefficient (Wildman–Crippen LogP) is 2.45. The van der Waals surface area contributed by atoms with Crippen LogP contribution in [-0.4, -0.2) is 22.1 Å². The molecule has 1 aromatic heterocycles. The third-order valence-corrected chi connectivity index (χ3v) is 3.23. The lowest BCUT2D eigenvalue weighted by Gasteiger charge is -2.24. The smallest absolute Gasteiger partial charge is 0.326 e. The number of alkyl halides is 1. The standard InChI is InChI=1S/C14H21FN2O2/c1-13(2,3)19-12(18)14(4-5-14)17-9-11-8-16-7-10(11)6-15/h7-8,16-17H,4-6,9H2,1-3H3. The Hall–Kier alpha value is -1.36. The average Bonchev–Trinajstić information content (AvgIpc) is 2.97. The molecule has 1 aliphatic carbocycles. The molecule has 0 amide bonds. The summed E-state index contributed by atoms with van der Waals surface area (Å²) >= 11 is 0. The minimum absolute atomic E-state index is 0.211. The average molecular weight is 268 g/mol. The molecule has 0 spiro atoms. The van der Waals surface area contributed by atoms with Crippen molar-refractivity contribution in [1.82, 2.24) is 10.3 Å². The molecule has 2 rings (SSSR count). The van der Waals surface area contributed by atoms with Crippen LogP contribution < -0.4 is 5.32 Å². The normalized spacial score (nSPS) is 17.3. The number of hydrogen-bond donors (Lipinski definition) is 2. The summed E-state index contributed by atoms with van der Waals surface area (Å²) in [5, 5.41) is 3.21. The van der Waals surface area contributed by atoms with Gasteiger partial charge in [0.2, 0.25) is 0 Å². The van der Waals surface area contributed by atoms with Gasteiger partial charge in [-0.15, -0.1) is 0 Å². The van der Waals surface area contributed by atoms with E-state index in [0.717, 1.165) is 18.4 Å². The summed E-state index contributed by atoms with van der Waals surface area (Å²) in [6.07, 6.45) is 4.95. The van der Waals surface area contributed by atoms with Crippen LogP contribution >= 0.6 is 0 Å². The van der Waals surface area contributed by atoms with E-state index in [1.165, 1.54) is 0 Å². The second kappa shape index (κ2) is 4.96. The van der Waals surface area contributed by atoms with Crippen molar-refractivity contribution in [1.29, 1.82) is 0 Å². The number of carbonyl (C=O) groups excluding carboxylic acids is 1. The fraction of sp³-hybridized carbons (Fsp3) is 0.643. The first-order valence-electron chi connectivity index (χ1n) is 6.55. The van der Waals surface area contributed by atoms with Crippen LogP contribution in [0.5, 0.6) is 0 Å². The van der Waals surface area contributed by atoms with Crippen molar-refractivity contribution >= 4 is 5.97 Å². The van der Waals surface area contributed by atoms with Crippen LogP contribution in [0.3, 0.4) is 0 Å². The van der Waals surface area contributed by atoms with Gasteiger partial charge < -0.3 is 9.72 Å². The van der Waals surface area contributed by atoms with Gasteiger partial charge in [0.05, 0.1) is 0 Å². The molecule has 1 heterocycles. The largest absolute Gasteiger partial charge is 0.459 e. The van der Waals surface area contributed by atoms with Gasteiger partial charge in [-0.25, -0.2) is 4.39 Å². The minimum atomic E-state index is -0.571. The van der Waals surface area contributed by atoms with Gasteiger partial charge in [-0.3, -0.25) is 10.1 Å². The molecule has 0 aromatic carbocycles. The lowest BCUT2D eigenvalue weighted by molar-refractivity contribution is -0.158. The van der Waals surface area contributed by atoms with Gasteiger partial charge in [0, 0.05) is 24.5 Å². The molecule has 1 fully saturated rings. The zero-order valence-electron chi connectivity index (χ0n) is 11.7. The molecule has 0 aliphatic heterocycles. The predicted molar refractivity (Wildman–Crippen MR) is 70.3 cm³/mol. The highest BCUT2D eigenvalue weighted by Crippen LogP contribution is 2.38. The summed E-state index contributed by atoms with van der Waals surface area (Å²) in [5.74, 6) is -0.211. The molecule has 0 radical (unpaired) electrons. The first-order valence-corrected chi connectivity index (χ1v) is 6.55. The van der Waals surface area contributed by atoms with Gasteiger partial charge in [-0.05, 0) is 39.2 Å². The Morgan fingerprint density at radius 2 is 2.05 bits per heavy atom. The number of esters is 1. The molecule has 106 valence electrons. The third kappa shape index (κ3) is 3.35. The molecule has 1 aliphatic rings. The fourth-order valence-electron chi connectivity index (χ4n) is 1.94. The summed E-state index contributed by atoms with van der Waals surface area (Å²) in [6, 6.07) is 0. The van der Waals surface area contributed by atoms with E-state index in [-0.39, 0.29) is 5.97 Å². The molecule has 1 aromatic rings. The topological polar surface area (TPSA) is 54.1 Å². The highest BCUT2D eigenvalue weighted by atomic mass is 19.1. The number of nitrogens with one attached hydrogen (secondary N) is 2. The van der Waals surface area contributed by atoms with Crippen molar-refractivity contribution in [2.75, 3.05) is 0 Å². The molecule has 0 saturated heterocycles. The minimum Gasteiger partial charge on any atom is -0.459 e. The Morgan fingerprint density at radius 3 is 2.58 bits per heavy atom. The van der Waals surface area contributed by atoms with Crippen molar-refractivity contribution < 1.29 is 13.9 Å². The van der Waals surface area contributed by atoms with E-state index in [2.05, 4.69) is 10.3 Å². The fourth-order valence-corrected chi connectivity index (χ4v) is 1.94. The zero-order chi connectivity index (χ0) is 14.1. The van der Waals surface area contributed by atoms with Crippen LogP contribution in [-0.2, 0) is 22.8 Å². The number of ether oxygens (including phenoxy) is 1. The van der Waals surface area contributed by atoms with Crippen molar-refractivity contribution in [3.05, 3.63) is 23.5 Å². The number of aromatic amines is 1. The Balaban J connectivity index is 1.94. The molecule has 0 bridgehead atoms. The summed E-state index contributed by atoms with van der Waals surface area (Å²) in [4.78, 5) is 15.0. The van der Waals surface area contributed by atoms with Crippen LogP contribution in [0.15, 0.2) is 12.4 Å². The van der Waals surface area contributed by atoms with Crippen LogP contribution in [0.4, 0.5) is 4.39 Å². The van der Waals surface area contributed by atoms with Gasteiger partial charge in [-0.2, -0.15) is 0 Å².